The number of piperidine rings is 1. The van der Waals surface area contributed by atoms with Crippen molar-refractivity contribution in [3.05, 3.63) is 33.0 Å². The van der Waals surface area contributed by atoms with E-state index >= 15 is 0 Å². The van der Waals surface area contributed by atoms with Gasteiger partial charge in [0.2, 0.25) is 0 Å². The molecule has 1 aliphatic heterocycles. The van der Waals surface area contributed by atoms with Gasteiger partial charge in [-0.15, -0.1) is 11.3 Å². The standard InChI is InChI=1S/C16H25ClN2S/c1-13(2)6-10-19-11-7-14(8-12-19)18-9-5-15-3-4-16(17)20-15/h3-4,6,14,18H,5,7-12H2,1-2H3. The van der Waals surface area contributed by atoms with E-state index in [0.29, 0.717) is 6.04 Å². The van der Waals surface area contributed by atoms with Crippen molar-refractivity contribution >= 4 is 22.9 Å². The minimum absolute atomic E-state index is 0.688. The number of halogens is 1. The van der Waals surface area contributed by atoms with Crippen molar-refractivity contribution in [3.63, 3.8) is 0 Å². The first-order chi connectivity index (χ1) is 9.63. The summed E-state index contributed by atoms with van der Waals surface area (Å²) in [6.07, 6.45) is 5.95. The summed E-state index contributed by atoms with van der Waals surface area (Å²) in [5.74, 6) is 0. The summed E-state index contributed by atoms with van der Waals surface area (Å²) in [5, 5.41) is 3.69. The van der Waals surface area contributed by atoms with E-state index in [-0.39, 0.29) is 0 Å². The molecule has 2 heterocycles. The topological polar surface area (TPSA) is 15.3 Å². The molecule has 0 saturated carbocycles. The maximum atomic E-state index is 5.94. The molecule has 0 amide bonds. The molecule has 1 fully saturated rings. The Morgan fingerprint density at radius 3 is 2.75 bits per heavy atom. The van der Waals surface area contributed by atoms with Gasteiger partial charge in [-0.3, -0.25) is 4.90 Å². The zero-order valence-electron chi connectivity index (χ0n) is 12.5. The third kappa shape index (κ3) is 5.57. The van der Waals surface area contributed by atoms with Crippen LogP contribution in [-0.2, 0) is 6.42 Å². The monoisotopic (exact) mass is 312 g/mol. The van der Waals surface area contributed by atoms with Crippen molar-refractivity contribution in [1.29, 1.82) is 0 Å². The molecule has 112 valence electrons. The summed E-state index contributed by atoms with van der Waals surface area (Å²) < 4.78 is 0.896. The third-order valence-corrected chi connectivity index (χ3v) is 5.07. The highest BCUT2D eigenvalue weighted by Crippen LogP contribution is 2.21. The van der Waals surface area contributed by atoms with E-state index < -0.39 is 0 Å². The predicted octanol–water partition coefficient (Wildman–Crippen LogP) is 3.96. The quantitative estimate of drug-likeness (QED) is 0.800. The summed E-state index contributed by atoms with van der Waals surface area (Å²) in [5.41, 5.74) is 1.42. The van der Waals surface area contributed by atoms with Gasteiger partial charge in [0.1, 0.15) is 0 Å². The van der Waals surface area contributed by atoms with Crippen molar-refractivity contribution in [2.75, 3.05) is 26.2 Å². The van der Waals surface area contributed by atoms with Crippen LogP contribution in [0.25, 0.3) is 0 Å². The van der Waals surface area contributed by atoms with Gasteiger partial charge >= 0.3 is 0 Å². The van der Waals surface area contributed by atoms with E-state index in [4.69, 9.17) is 11.6 Å². The molecule has 1 N–H and O–H groups in total. The van der Waals surface area contributed by atoms with E-state index in [2.05, 4.69) is 36.2 Å². The minimum Gasteiger partial charge on any atom is -0.314 e. The van der Waals surface area contributed by atoms with Crippen LogP contribution in [-0.4, -0.2) is 37.1 Å². The number of nitrogens with zero attached hydrogens (tertiary/aromatic N) is 1. The molecule has 2 rings (SSSR count). The Hall–Kier alpha value is -0.350. The predicted molar refractivity (Wildman–Crippen MR) is 89.9 cm³/mol. The van der Waals surface area contributed by atoms with E-state index in [1.807, 2.05) is 6.07 Å². The van der Waals surface area contributed by atoms with E-state index in [9.17, 15) is 0 Å². The maximum Gasteiger partial charge on any atom is 0.0931 e. The van der Waals surface area contributed by atoms with Crippen LogP contribution in [0.2, 0.25) is 4.34 Å². The second kappa shape index (κ2) is 8.18. The summed E-state index contributed by atoms with van der Waals surface area (Å²) in [6.45, 7) is 8.95. The highest BCUT2D eigenvalue weighted by atomic mass is 35.5. The smallest absolute Gasteiger partial charge is 0.0931 e. The van der Waals surface area contributed by atoms with Crippen LogP contribution >= 0.6 is 22.9 Å². The molecule has 0 bridgehead atoms. The summed E-state index contributed by atoms with van der Waals surface area (Å²) in [4.78, 5) is 3.92. The van der Waals surface area contributed by atoms with Crippen molar-refractivity contribution in [2.24, 2.45) is 0 Å². The van der Waals surface area contributed by atoms with Gasteiger partial charge in [-0.1, -0.05) is 23.3 Å². The fourth-order valence-electron chi connectivity index (χ4n) is 2.52. The fraction of sp³-hybridized carbons (Fsp3) is 0.625. The zero-order chi connectivity index (χ0) is 14.4. The van der Waals surface area contributed by atoms with Crippen molar-refractivity contribution in [1.82, 2.24) is 10.2 Å². The van der Waals surface area contributed by atoms with Crippen molar-refractivity contribution in [2.45, 2.75) is 39.2 Å². The lowest BCUT2D eigenvalue weighted by molar-refractivity contribution is 0.215. The average Bonchev–Trinajstić information content (AvgIpc) is 2.83. The molecule has 1 aromatic rings. The average molecular weight is 313 g/mol. The maximum absolute atomic E-state index is 5.94. The first kappa shape index (κ1) is 16.0. The van der Waals surface area contributed by atoms with Crippen LogP contribution < -0.4 is 5.32 Å². The lowest BCUT2D eigenvalue weighted by Gasteiger charge is -2.31. The molecule has 0 atom stereocenters. The van der Waals surface area contributed by atoms with Gasteiger partial charge in [-0.05, 0) is 58.3 Å². The number of thiophene rings is 1. The lowest BCUT2D eigenvalue weighted by Crippen LogP contribution is -2.43. The Labute approximate surface area is 131 Å². The molecule has 0 radical (unpaired) electrons. The molecule has 2 nitrogen and oxygen atoms in total. The normalized spacial score (nSPS) is 17.4. The van der Waals surface area contributed by atoms with Gasteiger partial charge in [-0.25, -0.2) is 0 Å². The van der Waals surface area contributed by atoms with Gasteiger partial charge in [0.05, 0.1) is 4.34 Å². The van der Waals surface area contributed by atoms with Crippen molar-refractivity contribution in [3.8, 4) is 0 Å². The van der Waals surface area contributed by atoms with E-state index in [1.54, 1.807) is 11.3 Å². The second-order valence-corrected chi connectivity index (χ2v) is 7.57. The third-order valence-electron chi connectivity index (χ3n) is 3.78. The summed E-state index contributed by atoms with van der Waals surface area (Å²) >= 11 is 7.64. The first-order valence-corrected chi connectivity index (χ1v) is 8.66. The minimum atomic E-state index is 0.688. The molecule has 20 heavy (non-hydrogen) atoms. The molecule has 4 heteroatoms. The first-order valence-electron chi connectivity index (χ1n) is 7.47. The van der Waals surface area contributed by atoms with Crippen LogP contribution in [0.1, 0.15) is 31.6 Å². The Kier molecular flexibility index (Phi) is 6.56. The highest BCUT2D eigenvalue weighted by molar-refractivity contribution is 7.16. The molecule has 0 unspecified atom stereocenters. The van der Waals surface area contributed by atoms with Gasteiger partial charge in [0, 0.05) is 24.0 Å². The molecule has 0 aromatic carbocycles. The number of rotatable bonds is 6. The van der Waals surface area contributed by atoms with Crippen LogP contribution in [0, 0.1) is 0 Å². The van der Waals surface area contributed by atoms with Gasteiger partial charge in [-0.2, -0.15) is 0 Å². The number of nitrogens with one attached hydrogen (secondary N) is 1. The highest BCUT2D eigenvalue weighted by Gasteiger charge is 2.17. The number of hydrogen-bond donors (Lipinski definition) is 1. The number of hydrogen-bond acceptors (Lipinski definition) is 3. The number of likely N-dealkylation sites (tertiary alicyclic amines) is 1. The molecule has 0 aliphatic carbocycles. The van der Waals surface area contributed by atoms with Gasteiger partial charge in [0.15, 0.2) is 0 Å². The largest absolute Gasteiger partial charge is 0.314 e. The molecular weight excluding hydrogens is 288 g/mol. The number of allylic oxidation sites excluding steroid dienone is 1. The van der Waals surface area contributed by atoms with Crippen LogP contribution in [0.15, 0.2) is 23.8 Å². The van der Waals surface area contributed by atoms with Crippen molar-refractivity contribution < 1.29 is 0 Å². The molecule has 0 spiro atoms. The summed E-state index contributed by atoms with van der Waals surface area (Å²) in [7, 11) is 0. The second-order valence-electron chi connectivity index (χ2n) is 5.77. The zero-order valence-corrected chi connectivity index (χ0v) is 14.1. The Balaban J connectivity index is 1.61. The van der Waals surface area contributed by atoms with E-state index in [1.165, 1.54) is 36.4 Å². The Morgan fingerprint density at radius 2 is 2.15 bits per heavy atom. The summed E-state index contributed by atoms with van der Waals surface area (Å²) in [6, 6.07) is 4.81. The van der Waals surface area contributed by atoms with Gasteiger partial charge in [0.25, 0.3) is 0 Å². The Morgan fingerprint density at radius 1 is 1.40 bits per heavy atom. The SMILES string of the molecule is CC(C)=CCN1CCC(NCCc2ccc(Cl)s2)CC1. The van der Waals surface area contributed by atoms with E-state index in [0.717, 1.165) is 23.8 Å². The lowest BCUT2D eigenvalue weighted by atomic mass is 10.0. The fourth-order valence-corrected chi connectivity index (χ4v) is 3.60. The molecule has 1 aromatic heterocycles. The molecule has 1 aliphatic rings. The molecule has 1 saturated heterocycles. The van der Waals surface area contributed by atoms with Crippen LogP contribution in [0.3, 0.4) is 0 Å². The van der Waals surface area contributed by atoms with Gasteiger partial charge < -0.3 is 5.32 Å². The van der Waals surface area contributed by atoms with Crippen LogP contribution in [0.4, 0.5) is 0 Å². The Bertz CT molecular complexity index is 429. The molecular formula is C16H25ClN2S. The van der Waals surface area contributed by atoms with Crippen LogP contribution in [0.5, 0.6) is 0 Å².